The predicted octanol–water partition coefficient (Wildman–Crippen LogP) is 2.20. The van der Waals surface area contributed by atoms with E-state index in [2.05, 4.69) is 0 Å². The number of carbonyl (C=O) groups is 2. The molecule has 6 nitrogen and oxygen atoms in total. The van der Waals surface area contributed by atoms with E-state index in [9.17, 15) is 9.59 Å². The zero-order valence-corrected chi connectivity index (χ0v) is 15.3. The Bertz CT molecular complexity index is 605. The zero-order valence-electron chi connectivity index (χ0n) is 15.3. The lowest BCUT2D eigenvalue weighted by atomic mass is 9.99. The second-order valence-corrected chi connectivity index (χ2v) is 6.72. The summed E-state index contributed by atoms with van der Waals surface area (Å²) in [6.45, 7) is 3.36. The largest absolute Gasteiger partial charge is 0.497 e. The Labute approximate surface area is 149 Å². The summed E-state index contributed by atoms with van der Waals surface area (Å²) >= 11 is 0. The fraction of sp³-hybridized carbons (Fsp3) is 0.579. The molecule has 0 aromatic heterocycles. The van der Waals surface area contributed by atoms with Gasteiger partial charge in [0.25, 0.3) is 0 Å². The van der Waals surface area contributed by atoms with Gasteiger partial charge in [0.05, 0.1) is 19.6 Å². The molecule has 25 heavy (non-hydrogen) atoms. The smallest absolute Gasteiger partial charge is 0.317 e. The Morgan fingerprint density at radius 2 is 2.12 bits per heavy atom. The van der Waals surface area contributed by atoms with Crippen molar-refractivity contribution in [3.05, 3.63) is 29.8 Å². The molecule has 138 valence electrons. The molecule has 1 aromatic rings. The first-order valence-corrected chi connectivity index (χ1v) is 8.77. The van der Waals surface area contributed by atoms with Crippen molar-refractivity contribution in [1.82, 2.24) is 9.80 Å². The molecule has 1 aromatic carbocycles. The fourth-order valence-corrected chi connectivity index (χ4v) is 3.41. The number of benzene rings is 1. The Balaban J connectivity index is 1.98. The molecule has 1 heterocycles. The van der Waals surface area contributed by atoms with Crippen LogP contribution in [-0.2, 0) is 9.59 Å². The first-order chi connectivity index (χ1) is 11.9. The van der Waals surface area contributed by atoms with Gasteiger partial charge < -0.3 is 14.7 Å². The molecule has 0 bridgehead atoms. The maximum absolute atomic E-state index is 12.9. The first-order valence-electron chi connectivity index (χ1n) is 8.77. The van der Waals surface area contributed by atoms with Crippen LogP contribution in [-0.4, -0.2) is 66.6 Å². The number of methoxy groups -OCH3 is 1. The standard InChI is InChI=1S/C19H28N2O4/c1-14(15-6-4-8-17(12-15)25-3)19(24)21-10-5-7-16(9-11-21)20(2)13-18(22)23/h4,6,8,12,14,16H,5,7,9-11,13H2,1-3H3,(H,22,23). The number of carboxylic acids is 1. The molecule has 1 aliphatic rings. The summed E-state index contributed by atoms with van der Waals surface area (Å²) in [4.78, 5) is 27.6. The third-order valence-corrected chi connectivity index (χ3v) is 4.98. The molecule has 6 heteroatoms. The minimum absolute atomic E-state index is 0.0405. The Morgan fingerprint density at radius 3 is 2.80 bits per heavy atom. The van der Waals surface area contributed by atoms with E-state index >= 15 is 0 Å². The van der Waals surface area contributed by atoms with Gasteiger partial charge in [0.2, 0.25) is 5.91 Å². The number of likely N-dealkylation sites (N-methyl/N-ethyl adjacent to an activating group) is 1. The topological polar surface area (TPSA) is 70.1 Å². The van der Waals surface area contributed by atoms with Crippen LogP contribution >= 0.6 is 0 Å². The van der Waals surface area contributed by atoms with E-state index in [0.29, 0.717) is 6.54 Å². The van der Waals surface area contributed by atoms with Gasteiger partial charge in [-0.05, 0) is 50.9 Å². The molecule has 1 amide bonds. The number of rotatable bonds is 6. The number of aliphatic carboxylic acids is 1. The Morgan fingerprint density at radius 1 is 1.36 bits per heavy atom. The summed E-state index contributed by atoms with van der Waals surface area (Å²) in [5.74, 6) is -0.159. The molecule has 0 saturated carbocycles. The number of carboxylic acid groups (broad SMARTS) is 1. The van der Waals surface area contributed by atoms with Crippen molar-refractivity contribution in [1.29, 1.82) is 0 Å². The highest BCUT2D eigenvalue weighted by Crippen LogP contribution is 2.24. The van der Waals surface area contributed by atoms with Crippen molar-refractivity contribution >= 4 is 11.9 Å². The van der Waals surface area contributed by atoms with Gasteiger partial charge in [0, 0.05) is 19.1 Å². The average molecular weight is 348 g/mol. The van der Waals surface area contributed by atoms with E-state index < -0.39 is 5.97 Å². The Hall–Kier alpha value is -2.08. The number of hydrogen-bond donors (Lipinski definition) is 1. The highest BCUT2D eigenvalue weighted by molar-refractivity contribution is 5.83. The molecule has 2 rings (SSSR count). The highest BCUT2D eigenvalue weighted by atomic mass is 16.5. The average Bonchev–Trinajstić information content (AvgIpc) is 2.86. The van der Waals surface area contributed by atoms with Crippen LogP contribution in [0.4, 0.5) is 0 Å². The maximum Gasteiger partial charge on any atom is 0.317 e. The predicted molar refractivity (Wildman–Crippen MR) is 95.9 cm³/mol. The van der Waals surface area contributed by atoms with Gasteiger partial charge in [-0.2, -0.15) is 0 Å². The SMILES string of the molecule is COc1cccc(C(C)C(=O)N2CCCC(N(C)CC(=O)O)CC2)c1. The first kappa shape index (κ1) is 19.2. The van der Waals surface area contributed by atoms with Gasteiger partial charge in [-0.3, -0.25) is 14.5 Å². The summed E-state index contributed by atoms with van der Waals surface area (Å²) in [5, 5.41) is 8.95. The van der Waals surface area contributed by atoms with Gasteiger partial charge in [0.15, 0.2) is 0 Å². The normalized spacial score (nSPS) is 19.4. The van der Waals surface area contributed by atoms with Crippen LogP contribution in [0.15, 0.2) is 24.3 Å². The molecule has 0 radical (unpaired) electrons. The number of likely N-dealkylation sites (tertiary alicyclic amines) is 1. The molecule has 1 aliphatic heterocycles. The van der Waals surface area contributed by atoms with Crippen molar-refractivity contribution in [3.8, 4) is 5.75 Å². The lowest BCUT2D eigenvalue weighted by Gasteiger charge is -2.27. The third kappa shape index (κ3) is 5.19. The molecular formula is C19H28N2O4. The molecule has 0 aliphatic carbocycles. The molecule has 1 fully saturated rings. The van der Waals surface area contributed by atoms with Crippen molar-refractivity contribution in [2.75, 3.05) is 33.8 Å². The number of nitrogens with zero attached hydrogens (tertiary/aromatic N) is 2. The van der Waals surface area contributed by atoms with E-state index in [1.807, 2.05) is 48.0 Å². The van der Waals surface area contributed by atoms with E-state index in [0.717, 1.165) is 37.1 Å². The van der Waals surface area contributed by atoms with Gasteiger partial charge in [0.1, 0.15) is 5.75 Å². The van der Waals surface area contributed by atoms with Gasteiger partial charge in [-0.25, -0.2) is 0 Å². The van der Waals surface area contributed by atoms with E-state index in [-0.39, 0.29) is 24.4 Å². The molecule has 0 spiro atoms. The van der Waals surface area contributed by atoms with Gasteiger partial charge >= 0.3 is 5.97 Å². The van der Waals surface area contributed by atoms with Crippen molar-refractivity contribution in [3.63, 3.8) is 0 Å². The quantitative estimate of drug-likeness (QED) is 0.853. The fourth-order valence-electron chi connectivity index (χ4n) is 3.41. The zero-order chi connectivity index (χ0) is 18.4. The van der Waals surface area contributed by atoms with Gasteiger partial charge in [-0.1, -0.05) is 12.1 Å². The summed E-state index contributed by atoms with van der Waals surface area (Å²) in [6, 6.07) is 7.84. The lowest BCUT2D eigenvalue weighted by Crippen LogP contribution is -2.38. The summed E-state index contributed by atoms with van der Waals surface area (Å²) in [5.41, 5.74) is 0.952. The van der Waals surface area contributed by atoms with Crippen LogP contribution in [0.1, 0.15) is 37.7 Å². The molecule has 2 unspecified atom stereocenters. The lowest BCUT2D eigenvalue weighted by molar-refractivity contribution is -0.138. The second kappa shape index (κ2) is 8.85. The maximum atomic E-state index is 12.9. The highest BCUT2D eigenvalue weighted by Gasteiger charge is 2.27. The summed E-state index contributed by atoms with van der Waals surface area (Å²) in [6.07, 6.45) is 2.62. The van der Waals surface area contributed by atoms with Crippen molar-refractivity contribution < 1.29 is 19.4 Å². The van der Waals surface area contributed by atoms with Crippen molar-refractivity contribution in [2.45, 2.75) is 38.1 Å². The van der Waals surface area contributed by atoms with E-state index in [1.54, 1.807) is 7.11 Å². The third-order valence-electron chi connectivity index (χ3n) is 4.98. The molecule has 1 saturated heterocycles. The van der Waals surface area contributed by atoms with Gasteiger partial charge in [-0.15, -0.1) is 0 Å². The van der Waals surface area contributed by atoms with E-state index in [4.69, 9.17) is 9.84 Å². The Kier molecular flexibility index (Phi) is 6.82. The molecular weight excluding hydrogens is 320 g/mol. The summed E-state index contributed by atoms with van der Waals surface area (Å²) in [7, 11) is 3.46. The van der Waals surface area contributed by atoms with Crippen LogP contribution in [0.5, 0.6) is 5.75 Å². The van der Waals surface area contributed by atoms with Crippen LogP contribution in [0.25, 0.3) is 0 Å². The van der Waals surface area contributed by atoms with Crippen LogP contribution < -0.4 is 4.74 Å². The number of carbonyl (C=O) groups excluding carboxylic acids is 1. The van der Waals surface area contributed by atoms with Crippen LogP contribution in [0, 0.1) is 0 Å². The van der Waals surface area contributed by atoms with Crippen LogP contribution in [0.3, 0.4) is 0 Å². The monoisotopic (exact) mass is 348 g/mol. The molecule has 2 atom stereocenters. The summed E-state index contributed by atoms with van der Waals surface area (Å²) < 4.78 is 5.24. The van der Waals surface area contributed by atoms with Crippen molar-refractivity contribution in [2.24, 2.45) is 0 Å². The van der Waals surface area contributed by atoms with Crippen LogP contribution in [0.2, 0.25) is 0 Å². The minimum Gasteiger partial charge on any atom is -0.497 e. The number of amides is 1. The van der Waals surface area contributed by atoms with E-state index in [1.165, 1.54) is 0 Å². The number of ether oxygens (including phenoxy) is 1. The molecule has 1 N–H and O–H groups in total. The number of hydrogen-bond acceptors (Lipinski definition) is 4. The minimum atomic E-state index is -0.814. The second-order valence-electron chi connectivity index (χ2n) is 6.72.